The van der Waals surface area contributed by atoms with Gasteiger partial charge in [0, 0.05) is 22.4 Å². The quantitative estimate of drug-likeness (QED) is 0.556. The molecule has 0 radical (unpaired) electrons. The van der Waals surface area contributed by atoms with Crippen molar-refractivity contribution in [1.82, 2.24) is 4.90 Å². The van der Waals surface area contributed by atoms with Gasteiger partial charge in [0.05, 0.1) is 12.3 Å². The first-order valence-electron chi connectivity index (χ1n) is 10.5. The number of carbonyl (C=O) groups is 1. The largest absolute Gasteiger partial charge is 0.467 e. The zero-order valence-corrected chi connectivity index (χ0v) is 18.2. The lowest BCUT2D eigenvalue weighted by atomic mass is 10.1. The maximum Gasteiger partial charge on any atom is 0.263 e. The van der Waals surface area contributed by atoms with E-state index in [1.165, 1.54) is 23.9 Å². The number of aliphatic imine (C=N–C) groups is 2. The fraction of sp³-hybridized carbons (Fsp3) is 0.160. The van der Waals surface area contributed by atoms with Crippen LogP contribution in [-0.2, 0) is 21.9 Å². The average Bonchev–Trinajstić information content (AvgIpc) is 3.20. The topological polar surface area (TPSA) is 63.5 Å². The molecule has 164 valence electrons. The van der Waals surface area contributed by atoms with Crippen LogP contribution >= 0.6 is 11.8 Å². The average molecular weight is 460 g/mol. The second-order valence-corrected chi connectivity index (χ2v) is 8.75. The van der Waals surface area contributed by atoms with Crippen molar-refractivity contribution in [3.8, 4) is 5.75 Å². The number of rotatable bonds is 3. The molecule has 3 aromatic rings. The van der Waals surface area contributed by atoms with Crippen LogP contribution in [0.4, 0.5) is 10.1 Å². The van der Waals surface area contributed by atoms with Gasteiger partial charge in [-0.15, -0.1) is 0 Å². The number of hydrogen-bond acceptors (Lipinski definition) is 6. The minimum atomic E-state index is -0.624. The Morgan fingerprint density at radius 3 is 2.79 bits per heavy atom. The van der Waals surface area contributed by atoms with Gasteiger partial charge in [-0.3, -0.25) is 4.79 Å². The summed E-state index contributed by atoms with van der Waals surface area (Å²) in [6.45, 7) is 0.435. The number of thioether (sulfide) groups is 1. The Hall–Kier alpha value is -3.49. The van der Waals surface area contributed by atoms with Crippen LogP contribution in [-0.4, -0.2) is 28.6 Å². The fourth-order valence-corrected chi connectivity index (χ4v) is 5.17. The first kappa shape index (κ1) is 20.1. The monoisotopic (exact) mass is 459 g/mol. The molecule has 0 saturated carbocycles. The van der Waals surface area contributed by atoms with Crippen LogP contribution in [0.3, 0.4) is 0 Å². The molecule has 0 spiro atoms. The Morgan fingerprint density at radius 1 is 1.09 bits per heavy atom. The van der Waals surface area contributed by atoms with Crippen molar-refractivity contribution in [3.63, 3.8) is 0 Å². The van der Waals surface area contributed by atoms with Crippen LogP contribution in [0.5, 0.6) is 5.75 Å². The van der Waals surface area contributed by atoms with Crippen LogP contribution in [0, 0.1) is 5.82 Å². The standard InChI is InChI=1S/C25H18FN3O3S/c26-18-10-16-12-31-14-32-22(16)17(11-18)13-33-25-27-20-9-5-4-8-19(20)23-28-21(24(30)29(23)25)15-6-2-1-3-7-15/h1-11,21H,12-14H2/t21-/m0/s1. The summed E-state index contributed by atoms with van der Waals surface area (Å²) in [5.41, 5.74) is 3.78. The number of carbonyl (C=O) groups excluding carboxylic acids is 1. The predicted molar refractivity (Wildman–Crippen MR) is 124 cm³/mol. The number of para-hydroxylation sites is 1. The highest BCUT2D eigenvalue weighted by molar-refractivity contribution is 8.13. The first-order valence-corrected chi connectivity index (χ1v) is 11.5. The minimum Gasteiger partial charge on any atom is -0.467 e. The Kier molecular flexibility index (Phi) is 4.96. The smallest absolute Gasteiger partial charge is 0.263 e. The van der Waals surface area contributed by atoms with Gasteiger partial charge < -0.3 is 9.47 Å². The minimum absolute atomic E-state index is 0.130. The van der Waals surface area contributed by atoms with Gasteiger partial charge in [-0.1, -0.05) is 54.2 Å². The van der Waals surface area contributed by atoms with E-state index in [4.69, 9.17) is 19.5 Å². The molecule has 3 heterocycles. The van der Waals surface area contributed by atoms with Gasteiger partial charge in [0.1, 0.15) is 17.4 Å². The highest BCUT2D eigenvalue weighted by Gasteiger charge is 2.42. The fourth-order valence-electron chi connectivity index (χ4n) is 4.21. The number of hydrogen-bond donors (Lipinski definition) is 0. The van der Waals surface area contributed by atoms with Crippen LogP contribution in [0.2, 0.25) is 0 Å². The maximum absolute atomic E-state index is 14.2. The number of amides is 1. The van der Waals surface area contributed by atoms with Gasteiger partial charge in [-0.2, -0.15) is 0 Å². The lowest BCUT2D eigenvalue weighted by molar-refractivity contribution is -0.124. The van der Waals surface area contributed by atoms with E-state index in [1.807, 2.05) is 54.6 Å². The van der Waals surface area contributed by atoms with Crippen molar-refractivity contribution in [2.45, 2.75) is 18.4 Å². The number of amidine groups is 2. The molecule has 0 aromatic heterocycles. The van der Waals surface area contributed by atoms with Crippen molar-refractivity contribution in [2.24, 2.45) is 9.98 Å². The molecule has 33 heavy (non-hydrogen) atoms. The molecule has 0 unspecified atom stereocenters. The summed E-state index contributed by atoms with van der Waals surface area (Å²) in [5, 5.41) is 0.515. The highest BCUT2D eigenvalue weighted by atomic mass is 32.2. The lowest BCUT2D eigenvalue weighted by Crippen LogP contribution is -2.39. The number of fused-ring (bicyclic) bond motifs is 4. The molecule has 3 aliphatic rings. The third kappa shape index (κ3) is 3.51. The molecule has 6 rings (SSSR count). The Bertz CT molecular complexity index is 1330. The number of halogens is 1. The van der Waals surface area contributed by atoms with Crippen molar-refractivity contribution in [3.05, 3.63) is 94.8 Å². The van der Waals surface area contributed by atoms with E-state index in [0.717, 1.165) is 16.8 Å². The predicted octanol–water partition coefficient (Wildman–Crippen LogP) is 4.96. The molecule has 0 fully saturated rings. The van der Waals surface area contributed by atoms with Crippen LogP contribution in [0.15, 0.2) is 76.7 Å². The Morgan fingerprint density at radius 2 is 1.91 bits per heavy atom. The molecule has 6 nitrogen and oxygen atoms in total. The van der Waals surface area contributed by atoms with Gasteiger partial charge in [0.25, 0.3) is 5.91 Å². The summed E-state index contributed by atoms with van der Waals surface area (Å²) in [6, 6.07) is 19.4. The van der Waals surface area contributed by atoms with Gasteiger partial charge in [0.15, 0.2) is 18.0 Å². The summed E-state index contributed by atoms with van der Waals surface area (Å²) in [6.07, 6.45) is 0. The summed E-state index contributed by atoms with van der Waals surface area (Å²) in [7, 11) is 0. The van der Waals surface area contributed by atoms with Gasteiger partial charge in [-0.25, -0.2) is 19.3 Å². The zero-order chi connectivity index (χ0) is 22.4. The molecule has 0 saturated heterocycles. The van der Waals surface area contributed by atoms with Crippen molar-refractivity contribution in [1.29, 1.82) is 0 Å². The van der Waals surface area contributed by atoms with E-state index in [0.29, 0.717) is 40.2 Å². The molecular formula is C25H18FN3O3S. The molecular weight excluding hydrogens is 441 g/mol. The number of benzene rings is 3. The van der Waals surface area contributed by atoms with E-state index in [2.05, 4.69) is 0 Å². The molecule has 0 aliphatic carbocycles. The highest BCUT2D eigenvalue weighted by Crippen LogP contribution is 2.39. The second kappa shape index (κ2) is 8.13. The van der Waals surface area contributed by atoms with Crippen LogP contribution < -0.4 is 4.74 Å². The number of nitrogens with zero attached hydrogens (tertiary/aromatic N) is 3. The zero-order valence-electron chi connectivity index (χ0n) is 17.4. The van der Waals surface area contributed by atoms with Gasteiger partial charge >= 0.3 is 0 Å². The Labute approximate surface area is 193 Å². The molecule has 1 atom stereocenters. The third-order valence-corrected chi connectivity index (χ3v) is 6.68. The van der Waals surface area contributed by atoms with Crippen LogP contribution in [0.1, 0.15) is 28.3 Å². The maximum atomic E-state index is 14.2. The summed E-state index contributed by atoms with van der Waals surface area (Å²) >= 11 is 1.36. The van der Waals surface area contributed by atoms with E-state index < -0.39 is 6.04 Å². The molecule has 0 bridgehead atoms. The molecule has 3 aliphatic heterocycles. The van der Waals surface area contributed by atoms with Crippen molar-refractivity contribution < 1.29 is 18.7 Å². The van der Waals surface area contributed by atoms with E-state index in [1.54, 1.807) is 4.90 Å². The van der Waals surface area contributed by atoms with E-state index in [9.17, 15) is 9.18 Å². The summed E-state index contributed by atoms with van der Waals surface area (Å²) in [5.74, 6) is 1.11. The normalized spacial score (nSPS) is 18.6. The Balaban J connectivity index is 1.36. The van der Waals surface area contributed by atoms with Crippen LogP contribution in [0.25, 0.3) is 0 Å². The first-order chi connectivity index (χ1) is 16.2. The van der Waals surface area contributed by atoms with Crippen molar-refractivity contribution in [2.75, 3.05) is 6.79 Å². The van der Waals surface area contributed by atoms with Gasteiger partial charge in [-0.05, 0) is 29.8 Å². The summed E-state index contributed by atoms with van der Waals surface area (Å²) in [4.78, 5) is 24.6. The number of ether oxygens (including phenoxy) is 2. The lowest BCUT2D eigenvalue weighted by Gasteiger charge is -2.26. The van der Waals surface area contributed by atoms with E-state index >= 15 is 0 Å². The summed E-state index contributed by atoms with van der Waals surface area (Å²) < 4.78 is 25.1. The second-order valence-electron chi connectivity index (χ2n) is 7.80. The van der Waals surface area contributed by atoms with Crippen molar-refractivity contribution >= 4 is 34.4 Å². The molecule has 0 N–H and O–H groups in total. The SMILES string of the molecule is O=C1[C@H](c2ccccc2)N=C2c3ccccc3N=C(SCc3cc(F)cc4c3OCOC4)N12. The van der Waals surface area contributed by atoms with Gasteiger partial charge in [0.2, 0.25) is 0 Å². The molecule has 8 heteroatoms. The van der Waals surface area contributed by atoms with E-state index in [-0.39, 0.29) is 18.5 Å². The molecule has 1 amide bonds. The third-order valence-electron chi connectivity index (χ3n) is 5.69. The molecule has 3 aromatic carbocycles.